The molecule has 0 atom stereocenters. The first-order valence-electron chi connectivity index (χ1n) is 6.75. The van der Waals surface area contributed by atoms with Crippen molar-refractivity contribution in [2.45, 2.75) is 19.9 Å². The lowest BCUT2D eigenvalue weighted by Gasteiger charge is -2.17. The van der Waals surface area contributed by atoms with Gasteiger partial charge in [0.1, 0.15) is 0 Å². The minimum absolute atomic E-state index is 0.283. The van der Waals surface area contributed by atoms with Crippen molar-refractivity contribution in [2.75, 3.05) is 13.1 Å². The van der Waals surface area contributed by atoms with E-state index in [0.717, 1.165) is 22.9 Å². The number of carboxylic acids is 2. The maximum Gasteiger partial charge on any atom is 0.317 e. The fraction of sp³-hybridized carbons (Fsp3) is 0.333. The van der Waals surface area contributed by atoms with Crippen molar-refractivity contribution < 1.29 is 19.8 Å². The minimum atomic E-state index is -1.04. The second-order valence-electron chi connectivity index (χ2n) is 4.94. The zero-order valence-corrected chi connectivity index (χ0v) is 11.8. The number of nitrogens with one attached hydrogen (secondary N) is 1. The normalized spacial score (nSPS) is 11.1. The second-order valence-corrected chi connectivity index (χ2v) is 4.94. The van der Waals surface area contributed by atoms with Gasteiger partial charge in [-0.1, -0.05) is 25.1 Å². The van der Waals surface area contributed by atoms with Crippen LogP contribution in [-0.4, -0.2) is 45.1 Å². The number of rotatable bonds is 7. The molecule has 0 amide bonds. The Bertz CT molecular complexity index is 647. The molecular formula is C15H18N2O4. The highest BCUT2D eigenvalue weighted by atomic mass is 16.4. The Labute approximate surface area is 122 Å². The fourth-order valence-electron chi connectivity index (χ4n) is 2.49. The van der Waals surface area contributed by atoms with Crippen LogP contribution in [0, 0.1) is 0 Å². The molecule has 0 radical (unpaired) electrons. The van der Waals surface area contributed by atoms with Crippen LogP contribution in [0.5, 0.6) is 0 Å². The molecule has 0 saturated carbocycles. The van der Waals surface area contributed by atoms with Gasteiger partial charge in [-0.15, -0.1) is 0 Å². The number of fused-ring (bicyclic) bond motifs is 1. The number of H-pyrrole nitrogens is 1. The van der Waals surface area contributed by atoms with Crippen LogP contribution in [0.1, 0.15) is 18.1 Å². The number of hydrogen-bond acceptors (Lipinski definition) is 3. The first kappa shape index (κ1) is 15.1. The van der Waals surface area contributed by atoms with Gasteiger partial charge in [-0.3, -0.25) is 14.5 Å². The molecule has 1 aromatic carbocycles. The standard InChI is InChI=1S/C15H18N2O4/c1-2-10-4-3-5-12-11(6-16-15(10)12)7-17(8-13(18)19)9-14(20)21/h3-6,16H,2,7-9H2,1H3,(H,18,19)(H,20,21). The highest BCUT2D eigenvalue weighted by Gasteiger charge is 2.16. The van der Waals surface area contributed by atoms with E-state index in [2.05, 4.69) is 11.9 Å². The van der Waals surface area contributed by atoms with Crippen molar-refractivity contribution in [1.29, 1.82) is 0 Å². The van der Waals surface area contributed by atoms with Crippen molar-refractivity contribution in [3.05, 3.63) is 35.5 Å². The second kappa shape index (κ2) is 6.41. The summed E-state index contributed by atoms with van der Waals surface area (Å²) in [5, 5.41) is 18.8. The summed E-state index contributed by atoms with van der Waals surface area (Å²) in [7, 11) is 0. The molecule has 21 heavy (non-hydrogen) atoms. The highest BCUT2D eigenvalue weighted by molar-refractivity contribution is 5.86. The average molecular weight is 290 g/mol. The van der Waals surface area contributed by atoms with Crippen molar-refractivity contribution in [2.24, 2.45) is 0 Å². The van der Waals surface area contributed by atoms with Crippen molar-refractivity contribution in [3.8, 4) is 0 Å². The largest absolute Gasteiger partial charge is 0.480 e. The van der Waals surface area contributed by atoms with Crippen LogP contribution in [0.25, 0.3) is 10.9 Å². The van der Waals surface area contributed by atoms with E-state index < -0.39 is 11.9 Å². The average Bonchev–Trinajstić information content (AvgIpc) is 2.80. The summed E-state index contributed by atoms with van der Waals surface area (Å²) in [6.45, 7) is 1.75. The quantitative estimate of drug-likeness (QED) is 0.721. The molecule has 1 heterocycles. The number of benzene rings is 1. The maximum atomic E-state index is 10.8. The molecule has 6 heteroatoms. The van der Waals surface area contributed by atoms with Gasteiger partial charge in [0, 0.05) is 23.6 Å². The van der Waals surface area contributed by atoms with E-state index in [1.807, 2.05) is 24.4 Å². The minimum Gasteiger partial charge on any atom is -0.480 e. The first-order chi connectivity index (χ1) is 10.0. The lowest BCUT2D eigenvalue weighted by Crippen LogP contribution is -2.33. The lowest BCUT2D eigenvalue weighted by atomic mass is 10.1. The summed E-state index contributed by atoms with van der Waals surface area (Å²) >= 11 is 0. The molecule has 0 unspecified atom stereocenters. The molecule has 0 aliphatic carbocycles. The van der Waals surface area contributed by atoms with E-state index in [1.54, 1.807) is 0 Å². The van der Waals surface area contributed by atoms with Gasteiger partial charge in [-0.25, -0.2) is 0 Å². The third-order valence-electron chi connectivity index (χ3n) is 3.38. The molecule has 0 fully saturated rings. The first-order valence-corrected chi connectivity index (χ1v) is 6.75. The zero-order chi connectivity index (χ0) is 15.4. The summed E-state index contributed by atoms with van der Waals surface area (Å²) in [5.74, 6) is -2.07. The monoisotopic (exact) mass is 290 g/mol. The number of aryl methyl sites for hydroxylation is 1. The van der Waals surface area contributed by atoms with Gasteiger partial charge >= 0.3 is 11.9 Å². The molecule has 2 rings (SSSR count). The molecule has 0 spiro atoms. The Morgan fingerprint density at radius 1 is 1.14 bits per heavy atom. The van der Waals surface area contributed by atoms with Crippen molar-refractivity contribution >= 4 is 22.8 Å². The number of carboxylic acid groups (broad SMARTS) is 2. The van der Waals surface area contributed by atoms with Crippen LogP contribution in [0.3, 0.4) is 0 Å². The number of hydrogen-bond donors (Lipinski definition) is 3. The molecule has 6 nitrogen and oxygen atoms in total. The molecule has 0 aliphatic rings. The predicted molar refractivity (Wildman–Crippen MR) is 78.2 cm³/mol. The van der Waals surface area contributed by atoms with E-state index in [-0.39, 0.29) is 19.6 Å². The maximum absolute atomic E-state index is 10.8. The number of carbonyl (C=O) groups is 2. The fourth-order valence-corrected chi connectivity index (χ4v) is 2.49. The number of aromatic nitrogens is 1. The van der Waals surface area contributed by atoms with Crippen LogP contribution < -0.4 is 0 Å². The SMILES string of the molecule is CCc1cccc2c(CN(CC(=O)O)CC(=O)O)c[nH]c12. The van der Waals surface area contributed by atoms with E-state index in [1.165, 1.54) is 10.5 Å². The predicted octanol–water partition coefficient (Wildman–Crippen LogP) is 1.70. The van der Waals surface area contributed by atoms with Crippen LogP contribution in [-0.2, 0) is 22.6 Å². The van der Waals surface area contributed by atoms with Gasteiger partial charge in [-0.05, 0) is 17.5 Å². The van der Waals surface area contributed by atoms with Crippen LogP contribution in [0.2, 0.25) is 0 Å². The Kier molecular flexibility index (Phi) is 4.59. The van der Waals surface area contributed by atoms with Crippen molar-refractivity contribution in [1.82, 2.24) is 9.88 Å². The van der Waals surface area contributed by atoms with Crippen LogP contribution in [0.4, 0.5) is 0 Å². The lowest BCUT2D eigenvalue weighted by molar-refractivity contribution is -0.141. The van der Waals surface area contributed by atoms with E-state index in [9.17, 15) is 9.59 Å². The third kappa shape index (κ3) is 3.61. The highest BCUT2D eigenvalue weighted by Crippen LogP contribution is 2.23. The summed E-state index contributed by atoms with van der Waals surface area (Å²) < 4.78 is 0. The number of nitrogens with zero attached hydrogens (tertiary/aromatic N) is 1. The summed E-state index contributed by atoms with van der Waals surface area (Å²) in [4.78, 5) is 26.3. The Morgan fingerprint density at radius 2 is 1.81 bits per heavy atom. The Balaban J connectivity index is 2.28. The van der Waals surface area contributed by atoms with Gasteiger partial charge in [0.15, 0.2) is 0 Å². The Morgan fingerprint density at radius 3 is 2.38 bits per heavy atom. The molecule has 112 valence electrons. The Hall–Kier alpha value is -2.34. The molecule has 3 N–H and O–H groups in total. The number of aromatic amines is 1. The zero-order valence-electron chi connectivity index (χ0n) is 11.8. The van der Waals surface area contributed by atoms with E-state index in [0.29, 0.717) is 0 Å². The molecule has 1 aromatic heterocycles. The number of aliphatic carboxylic acids is 2. The smallest absolute Gasteiger partial charge is 0.317 e. The van der Waals surface area contributed by atoms with Gasteiger partial charge in [0.2, 0.25) is 0 Å². The van der Waals surface area contributed by atoms with Crippen molar-refractivity contribution in [3.63, 3.8) is 0 Å². The molecule has 0 saturated heterocycles. The van der Waals surface area contributed by atoms with Gasteiger partial charge in [0.05, 0.1) is 13.1 Å². The molecule has 0 bridgehead atoms. The molecular weight excluding hydrogens is 272 g/mol. The van der Waals surface area contributed by atoms with E-state index >= 15 is 0 Å². The van der Waals surface area contributed by atoms with Crippen LogP contribution in [0.15, 0.2) is 24.4 Å². The summed E-state index contributed by atoms with van der Waals surface area (Å²) in [6, 6.07) is 5.95. The van der Waals surface area contributed by atoms with E-state index in [4.69, 9.17) is 10.2 Å². The van der Waals surface area contributed by atoms with Gasteiger partial charge < -0.3 is 15.2 Å². The van der Waals surface area contributed by atoms with Crippen LogP contribution >= 0.6 is 0 Å². The topological polar surface area (TPSA) is 93.6 Å². The third-order valence-corrected chi connectivity index (χ3v) is 3.38. The number of para-hydroxylation sites is 1. The molecule has 0 aliphatic heterocycles. The van der Waals surface area contributed by atoms with Gasteiger partial charge in [-0.2, -0.15) is 0 Å². The van der Waals surface area contributed by atoms with Gasteiger partial charge in [0.25, 0.3) is 0 Å². The summed E-state index contributed by atoms with van der Waals surface area (Å²) in [6.07, 6.45) is 2.71. The summed E-state index contributed by atoms with van der Waals surface area (Å²) in [5.41, 5.74) is 3.12. The molecule has 2 aromatic rings.